The normalized spacial score (nSPS) is 10.4. The Kier molecular flexibility index (Phi) is 3.11. The molecule has 0 fully saturated rings. The van der Waals surface area contributed by atoms with Crippen LogP contribution in [0.2, 0.25) is 0 Å². The Hall–Kier alpha value is -3.04. The van der Waals surface area contributed by atoms with Gasteiger partial charge in [-0.15, -0.1) is 0 Å². The topological polar surface area (TPSA) is 0 Å². The maximum absolute atomic E-state index is 3.34. The third-order valence-corrected chi connectivity index (χ3v) is 3.92. The molecular formula is C22H14. The van der Waals surface area contributed by atoms with Crippen LogP contribution in [0.15, 0.2) is 84.9 Å². The van der Waals surface area contributed by atoms with Crippen molar-refractivity contribution in [1.29, 1.82) is 0 Å². The van der Waals surface area contributed by atoms with E-state index in [1.165, 1.54) is 22.3 Å². The van der Waals surface area contributed by atoms with Gasteiger partial charge in [-0.1, -0.05) is 84.6 Å². The summed E-state index contributed by atoms with van der Waals surface area (Å²) in [6.45, 7) is 0. The first-order chi connectivity index (χ1) is 10.9. The summed E-state index contributed by atoms with van der Waals surface area (Å²) < 4.78 is 0. The van der Waals surface area contributed by atoms with E-state index in [-0.39, 0.29) is 0 Å². The van der Waals surface area contributed by atoms with Gasteiger partial charge in [-0.05, 0) is 34.4 Å². The van der Waals surface area contributed by atoms with E-state index in [1.54, 1.807) is 0 Å². The standard InChI is InChI=1S/C22H14/c1-3-7-17-11-13-19(21(17)9-5-1)15-16-20-14-12-18-8-4-2-6-10-22(18)20/h1-14H. The molecule has 102 valence electrons. The van der Waals surface area contributed by atoms with E-state index in [0.29, 0.717) is 0 Å². The summed E-state index contributed by atoms with van der Waals surface area (Å²) >= 11 is 0. The smallest absolute Gasteiger partial charge is 0.0327 e. The molecule has 0 bridgehead atoms. The molecule has 0 aliphatic heterocycles. The summed E-state index contributed by atoms with van der Waals surface area (Å²) in [7, 11) is 0. The molecule has 0 aromatic heterocycles. The second-order valence-corrected chi connectivity index (χ2v) is 5.30. The monoisotopic (exact) mass is 278 g/mol. The zero-order valence-electron chi connectivity index (χ0n) is 12.1. The molecule has 0 amide bonds. The fourth-order valence-corrected chi connectivity index (χ4v) is 2.78. The Morgan fingerprint density at radius 3 is 1.36 bits per heavy atom. The number of rotatable bonds is 0. The van der Waals surface area contributed by atoms with Crippen LogP contribution in [0.1, 0.15) is 11.1 Å². The zero-order valence-corrected chi connectivity index (χ0v) is 12.1. The highest BCUT2D eigenvalue weighted by atomic mass is 14.1. The van der Waals surface area contributed by atoms with Crippen LogP contribution in [0.25, 0.3) is 22.3 Å². The van der Waals surface area contributed by atoms with Gasteiger partial charge in [0.1, 0.15) is 0 Å². The molecule has 4 rings (SSSR count). The first-order valence-corrected chi connectivity index (χ1v) is 7.39. The van der Waals surface area contributed by atoms with Crippen LogP contribution >= 0.6 is 0 Å². The van der Waals surface area contributed by atoms with Gasteiger partial charge in [0.2, 0.25) is 0 Å². The largest absolute Gasteiger partial charge is 0.0622 e. The van der Waals surface area contributed by atoms with Gasteiger partial charge >= 0.3 is 0 Å². The Balaban J connectivity index is 1.78. The molecule has 0 saturated heterocycles. The lowest BCUT2D eigenvalue weighted by atomic mass is 10.1. The van der Waals surface area contributed by atoms with E-state index in [4.69, 9.17) is 0 Å². The van der Waals surface area contributed by atoms with Gasteiger partial charge in [0, 0.05) is 11.1 Å². The highest BCUT2D eigenvalue weighted by Crippen LogP contribution is 2.28. The summed E-state index contributed by atoms with van der Waals surface area (Å²) in [6.07, 6.45) is 0. The van der Waals surface area contributed by atoms with Crippen molar-refractivity contribution < 1.29 is 0 Å². The van der Waals surface area contributed by atoms with Gasteiger partial charge in [0.25, 0.3) is 0 Å². The third-order valence-electron chi connectivity index (χ3n) is 3.92. The number of hydrogen-bond acceptors (Lipinski definition) is 0. The van der Waals surface area contributed by atoms with Crippen molar-refractivity contribution in [3.05, 3.63) is 96.1 Å². The van der Waals surface area contributed by atoms with E-state index in [2.05, 4.69) is 84.6 Å². The van der Waals surface area contributed by atoms with Crippen molar-refractivity contribution in [2.45, 2.75) is 0 Å². The van der Waals surface area contributed by atoms with E-state index in [0.717, 1.165) is 11.1 Å². The number of fused-ring (bicyclic) bond motifs is 2. The van der Waals surface area contributed by atoms with E-state index < -0.39 is 0 Å². The van der Waals surface area contributed by atoms with E-state index in [9.17, 15) is 0 Å². The van der Waals surface area contributed by atoms with Gasteiger partial charge in [-0.25, -0.2) is 0 Å². The molecule has 4 aliphatic rings. The highest BCUT2D eigenvalue weighted by Gasteiger charge is 2.07. The fourth-order valence-electron chi connectivity index (χ4n) is 2.78. The molecule has 0 heterocycles. The molecule has 0 saturated carbocycles. The molecule has 0 radical (unpaired) electrons. The summed E-state index contributed by atoms with van der Waals surface area (Å²) in [5.41, 5.74) is 7.04. The van der Waals surface area contributed by atoms with Gasteiger partial charge in [0.05, 0.1) is 0 Å². The van der Waals surface area contributed by atoms with Crippen LogP contribution < -0.4 is 0 Å². The van der Waals surface area contributed by atoms with Crippen molar-refractivity contribution in [2.24, 2.45) is 0 Å². The third kappa shape index (κ3) is 2.24. The molecule has 0 aromatic carbocycles. The zero-order chi connectivity index (χ0) is 14.8. The van der Waals surface area contributed by atoms with Crippen molar-refractivity contribution in [2.75, 3.05) is 0 Å². The summed E-state index contributed by atoms with van der Waals surface area (Å²) in [5.74, 6) is 6.67. The average Bonchev–Trinajstić information content (AvgIpc) is 2.90. The first-order valence-electron chi connectivity index (χ1n) is 7.39. The Morgan fingerprint density at radius 2 is 0.864 bits per heavy atom. The molecule has 0 nitrogen and oxygen atoms in total. The Bertz CT molecular complexity index is 860. The minimum atomic E-state index is 1.08. The fraction of sp³-hybridized carbons (Fsp3) is 0. The molecule has 0 unspecified atom stereocenters. The summed E-state index contributed by atoms with van der Waals surface area (Å²) in [6, 6.07) is 29.3. The van der Waals surface area contributed by atoms with E-state index in [1.807, 2.05) is 12.1 Å². The van der Waals surface area contributed by atoms with Crippen LogP contribution in [0.4, 0.5) is 0 Å². The minimum absolute atomic E-state index is 1.08. The van der Waals surface area contributed by atoms with Crippen molar-refractivity contribution in [3.8, 4) is 34.1 Å². The van der Waals surface area contributed by atoms with Crippen molar-refractivity contribution in [3.63, 3.8) is 0 Å². The SMILES string of the molecule is C(#Cc1ccc2cccccc1-2)c1ccc2cccccc1-2. The van der Waals surface area contributed by atoms with Gasteiger partial charge in [0.15, 0.2) is 0 Å². The first kappa shape index (κ1) is 12.7. The lowest BCUT2D eigenvalue weighted by molar-refractivity contribution is 1.75. The lowest BCUT2D eigenvalue weighted by Gasteiger charge is -1.94. The minimum Gasteiger partial charge on any atom is -0.0622 e. The van der Waals surface area contributed by atoms with Gasteiger partial charge < -0.3 is 0 Å². The molecule has 22 heavy (non-hydrogen) atoms. The van der Waals surface area contributed by atoms with E-state index >= 15 is 0 Å². The predicted octanol–water partition coefficient (Wildman–Crippen LogP) is 5.30. The van der Waals surface area contributed by atoms with Crippen LogP contribution in [-0.4, -0.2) is 0 Å². The Labute approximate surface area is 130 Å². The van der Waals surface area contributed by atoms with Gasteiger partial charge in [-0.2, -0.15) is 0 Å². The van der Waals surface area contributed by atoms with Crippen LogP contribution in [0.3, 0.4) is 0 Å². The Morgan fingerprint density at radius 1 is 0.409 bits per heavy atom. The van der Waals surface area contributed by atoms with Crippen LogP contribution in [0, 0.1) is 11.8 Å². The van der Waals surface area contributed by atoms with Gasteiger partial charge in [-0.3, -0.25) is 0 Å². The number of hydrogen-bond donors (Lipinski definition) is 0. The maximum Gasteiger partial charge on any atom is 0.0327 e. The molecule has 0 atom stereocenters. The highest BCUT2D eigenvalue weighted by molar-refractivity contribution is 5.77. The molecular weight excluding hydrogens is 264 g/mol. The maximum atomic E-state index is 3.34. The second kappa shape index (κ2) is 5.39. The lowest BCUT2D eigenvalue weighted by Crippen LogP contribution is -1.75. The van der Waals surface area contributed by atoms with Crippen LogP contribution in [0.5, 0.6) is 0 Å². The predicted molar refractivity (Wildman–Crippen MR) is 92.1 cm³/mol. The summed E-state index contributed by atoms with van der Waals surface area (Å²) in [4.78, 5) is 0. The average molecular weight is 278 g/mol. The summed E-state index contributed by atoms with van der Waals surface area (Å²) in [5, 5.41) is 0. The molecule has 0 heteroatoms. The van der Waals surface area contributed by atoms with Crippen LogP contribution in [-0.2, 0) is 0 Å². The molecule has 0 N–H and O–H groups in total. The van der Waals surface area contributed by atoms with Crippen molar-refractivity contribution in [1.82, 2.24) is 0 Å². The molecule has 4 aliphatic carbocycles. The van der Waals surface area contributed by atoms with Crippen molar-refractivity contribution >= 4 is 0 Å². The molecule has 0 spiro atoms. The quantitative estimate of drug-likeness (QED) is 0.383. The second-order valence-electron chi connectivity index (χ2n) is 5.30. The molecule has 0 aromatic rings.